The summed E-state index contributed by atoms with van der Waals surface area (Å²) >= 11 is 1.05. The molecule has 0 aliphatic heterocycles. The number of aromatic nitrogens is 1. The molecular formula is C18H13F3N2O2S2. The highest BCUT2D eigenvalue weighted by atomic mass is 32.2. The van der Waals surface area contributed by atoms with Crippen molar-refractivity contribution >= 4 is 46.5 Å². The number of pyridine rings is 1. The lowest BCUT2D eigenvalue weighted by Crippen LogP contribution is -2.40. The van der Waals surface area contributed by atoms with Crippen molar-refractivity contribution < 1.29 is 22.8 Å². The number of alkyl halides is 3. The predicted octanol–water partition coefficient (Wildman–Crippen LogP) is 4.97. The van der Waals surface area contributed by atoms with Gasteiger partial charge in [0.25, 0.3) is 0 Å². The van der Waals surface area contributed by atoms with E-state index in [1.54, 1.807) is 6.07 Å². The molecule has 0 spiro atoms. The van der Waals surface area contributed by atoms with Crippen LogP contribution < -0.4 is 0 Å². The van der Waals surface area contributed by atoms with Gasteiger partial charge in [-0.3, -0.25) is 14.6 Å². The second-order valence-electron chi connectivity index (χ2n) is 5.47. The Labute approximate surface area is 161 Å². The van der Waals surface area contributed by atoms with Gasteiger partial charge in [-0.05, 0) is 53.9 Å². The highest BCUT2D eigenvalue weighted by molar-refractivity contribution is 8.01. The Morgan fingerprint density at radius 3 is 2.48 bits per heavy atom. The molecule has 1 atom stereocenters. The molecule has 1 aliphatic rings. The minimum atomic E-state index is -4.38. The van der Waals surface area contributed by atoms with Crippen molar-refractivity contribution in [1.29, 1.82) is 0 Å². The Bertz CT molecular complexity index is 912. The molecule has 3 rings (SSSR count). The molecule has 9 heteroatoms. The minimum Gasteiger partial charge on any atom is -0.291 e. The largest absolute Gasteiger partial charge is 0.446 e. The van der Waals surface area contributed by atoms with E-state index in [2.05, 4.69) is 9.98 Å². The molecule has 0 fully saturated rings. The summed E-state index contributed by atoms with van der Waals surface area (Å²) in [5.41, 5.74) is -3.67. The summed E-state index contributed by atoms with van der Waals surface area (Å²) < 4.78 is 37.3. The van der Waals surface area contributed by atoms with E-state index < -0.39 is 16.5 Å². The molecule has 1 unspecified atom stereocenters. The molecule has 1 aromatic carbocycles. The number of ketones is 2. The SMILES string of the molecule is CCSC1C(=O)c2ncccc2C(=O)C1=Nc1ccc(SC(F)(F)F)cc1. The van der Waals surface area contributed by atoms with Gasteiger partial charge in [-0.2, -0.15) is 13.2 Å². The van der Waals surface area contributed by atoms with E-state index in [9.17, 15) is 22.8 Å². The van der Waals surface area contributed by atoms with Crippen LogP contribution in [0, 0.1) is 0 Å². The summed E-state index contributed by atoms with van der Waals surface area (Å²) in [6.45, 7) is 1.86. The summed E-state index contributed by atoms with van der Waals surface area (Å²) in [6.07, 6.45) is 1.46. The van der Waals surface area contributed by atoms with E-state index in [1.807, 2.05) is 6.92 Å². The average Bonchev–Trinajstić information content (AvgIpc) is 2.63. The van der Waals surface area contributed by atoms with Crippen LogP contribution in [0.2, 0.25) is 0 Å². The van der Waals surface area contributed by atoms with Crippen LogP contribution in [0.25, 0.3) is 0 Å². The number of carbonyl (C=O) groups is 2. The molecule has 4 nitrogen and oxygen atoms in total. The first kappa shape index (κ1) is 19.6. The maximum absolute atomic E-state index is 12.8. The van der Waals surface area contributed by atoms with Gasteiger partial charge in [-0.15, -0.1) is 11.8 Å². The Balaban J connectivity index is 1.98. The molecule has 27 heavy (non-hydrogen) atoms. The molecule has 2 aromatic rings. The van der Waals surface area contributed by atoms with Gasteiger partial charge in [0.15, 0.2) is 0 Å². The maximum Gasteiger partial charge on any atom is 0.446 e. The van der Waals surface area contributed by atoms with Crippen molar-refractivity contribution in [2.75, 3.05) is 5.75 Å². The zero-order valence-corrected chi connectivity index (χ0v) is 15.6. The van der Waals surface area contributed by atoms with E-state index in [1.165, 1.54) is 48.3 Å². The summed E-state index contributed by atoms with van der Waals surface area (Å²) in [5, 5.41) is -0.783. The first-order valence-corrected chi connectivity index (χ1v) is 9.76. The van der Waals surface area contributed by atoms with Crippen molar-refractivity contribution in [2.24, 2.45) is 4.99 Å². The lowest BCUT2D eigenvalue weighted by Gasteiger charge is -2.22. The number of benzene rings is 1. The van der Waals surface area contributed by atoms with Crippen molar-refractivity contribution in [3.05, 3.63) is 53.9 Å². The number of fused-ring (bicyclic) bond motifs is 1. The average molecular weight is 410 g/mol. The zero-order valence-electron chi connectivity index (χ0n) is 14.0. The lowest BCUT2D eigenvalue weighted by molar-refractivity contribution is -0.0328. The molecule has 0 amide bonds. The number of carbonyl (C=O) groups excluding carboxylic acids is 2. The van der Waals surface area contributed by atoms with Crippen molar-refractivity contribution in [1.82, 2.24) is 4.98 Å². The van der Waals surface area contributed by atoms with Crippen LogP contribution in [0.4, 0.5) is 18.9 Å². The Kier molecular flexibility index (Phi) is 5.71. The molecule has 140 valence electrons. The molecule has 0 saturated carbocycles. The lowest BCUT2D eigenvalue weighted by atomic mass is 9.91. The van der Waals surface area contributed by atoms with Crippen molar-refractivity contribution in [3.8, 4) is 0 Å². The third kappa shape index (κ3) is 4.41. The first-order chi connectivity index (χ1) is 12.8. The van der Waals surface area contributed by atoms with E-state index in [4.69, 9.17) is 0 Å². The second-order valence-corrected chi connectivity index (χ2v) is 7.99. The normalized spacial score (nSPS) is 18.7. The number of rotatable bonds is 4. The topological polar surface area (TPSA) is 59.4 Å². The van der Waals surface area contributed by atoms with Gasteiger partial charge in [0, 0.05) is 11.1 Å². The van der Waals surface area contributed by atoms with Crippen molar-refractivity contribution in [2.45, 2.75) is 22.6 Å². The van der Waals surface area contributed by atoms with Gasteiger partial charge in [0.05, 0.1) is 11.3 Å². The molecule has 0 saturated heterocycles. The summed E-state index contributed by atoms with van der Waals surface area (Å²) in [4.78, 5) is 33.9. The van der Waals surface area contributed by atoms with Crippen molar-refractivity contribution in [3.63, 3.8) is 0 Å². The molecule has 0 radical (unpaired) electrons. The van der Waals surface area contributed by atoms with E-state index >= 15 is 0 Å². The van der Waals surface area contributed by atoms with Crippen LogP contribution in [0.3, 0.4) is 0 Å². The zero-order chi connectivity index (χ0) is 19.6. The van der Waals surface area contributed by atoms with Crippen LogP contribution in [0.15, 0.2) is 52.5 Å². The predicted molar refractivity (Wildman–Crippen MR) is 100 cm³/mol. The molecule has 0 bridgehead atoms. The van der Waals surface area contributed by atoms with Crippen LogP contribution in [0.1, 0.15) is 27.8 Å². The van der Waals surface area contributed by atoms with Gasteiger partial charge in [-0.1, -0.05) is 6.92 Å². The van der Waals surface area contributed by atoms with Crippen LogP contribution >= 0.6 is 23.5 Å². The highest BCUT2D eigenvalue weighted by Crippen LogP contribution is 2.37. The molecule has 1 heterocycles. The van der Waals surface area contributed by atoms with E-state index in [0.29, 0.717) is 11.4 Å². The summed E-state index contributed by atoms with van der Waals surface area (Å²) in [5.74, 6) is -0.0936. The third-order valence-corrected chi connectivity index (χ3v) is 5.50. The van der Waals surface area contributed by atoms with Crippen LogP contribution in [-0.2, 0) is 0 Å². The molecule has 1 aromatic heterocycles. The van der Waals surface area contributed by atoms with Crippen LogP contribution in [0.5, 0.6) is 0 Å². The molecule has 1 aliphatic carbocycles. The molecular weight excluding hydrogens is 397 g/mol. The fourth-order valence-electron chi connectivity index (χ4n) is 2.58. The number of halogens is 3. The molecule has 0 N–H and O–H groups in total. The number of hydrogen-bond acceptors (Lipinski definition) is 6. The highest BCUT2D eigenvalue weighted by Gasteiger charge is 2.39. The fraction of sp³-hybridized carbons (Fsp3) is 0.222. The minimum absolute atomic E-state index is 0.0199. The van der Waals surface area contributed by atoms with Gasteiger partial charge < -0.3 is 0 Å². The Morgan fingerprint density at radius 1 is 1.15 bits per heavy atom. The third-order valence-electron chi connectivity index (χ3n) is 3.66. The Morgan fingerprint density at radius 2 is 1.85 bits per heavy atom. The number of hydrogen-bond donors (Lipinski definition) is 0. The quantitative estimate of drug-likeness (QED) is 0.667. The number of nitrogens with zero attached hydrogens (tertiary/aromatic N) is 2. The number of Topliss-reactive ketones (excluding diaryl/α,β-unsaturated/α-hetero) is 2. The second kappa shape index (κ2) is 7.85. The number of thioether (sulfide) groups is 2. The van der Waals surface area contributed by atoms with E-state index in [0.717, 1.165) is 0 Å². The fourth-order valence-corrected chi connectivity index (χ4v) is 4.04. The van der Waals surface area contributed by atoms with Gasteiger partial charge in [0.1, 0.15) is 16.7 Å². The summed E-state index contributed by atoms with van der Waals surface area (Å²) in [7, 11) is 0. The van der Waals surface area contributed by atoms with Gasteiger partial charge >= 0.3 is 5.51 Å². The van der Waals surface area contributed by atoms with Crippen LogP contribution in [-0.4, -0.2) is 38.8 Å². The first-order valence-electron chi connectivity index (χ1n) is 7.90. The van der Waals surface area contributed by atoms with Gasteiger partial charge in [-0.25, -0.2) is 4.99 Å². The summed E-state index contributed by atoms with van der Waals surface area (Å²) in [6, 6.07) is 8.44. The monoisotopic (exact) mass is 410 g/mol. The maximum atomic E-state index is 12.8. The standard InChI is InChI=1S/C18H13F3N2O2S2/c1-2-26-17-14(15(24)12-4-3-9-22-13(12)16(17)25)23-10-5-7-11(8-6-10)27-18(19,20)21/h3-9,17H,2H2,1H3. The number of aliphatic imine (C=N–C) groups is 1. The van der Waals surface area contributed by atoms with E-state index in [-0.39, 0.29) is 39.4 Å². The smallest absolute Gasteiger partial charge is 0.291 e. The van der Waals surface area contributed by atoms with Gasteiger partial charge in [0.2, 0.25) is 11.6 Å². The Hall–Kier alpha value is -2.13.